The van der Waals surface area contributed by atoms with Gasteiger partial charge in [-0.05, 0) is 35.4 Å². The molecule has 0 aliphatic rings. The molecule has 6 nitrogen and oxygen atoms in total. The summed E-state index contributed by atoms with van der Waals surface area (Å²) in [5, 5.41) is 21.8. The van der Waals surface area contributed by atoms with Crippen LogP contribution in [-0.4, -0.2) is 43.8 Å². The van der Waals surface area contributed by atoms with E-state index in [0.29, 0.717) is 10.9 Å². The number of tetrazole rings is 1. The zero-order valence-corrected chi connectivity index (χ0v) is 12.6. The summed E-state index contributed by atoms with van der Waals surface area (Å²) in [6.45, 7) is 4.24. The van der Waals surface area contributed by atoms with Gasteiger partial charge in [0.25, 0.3) is 0 Å². The summed E-state index contributed by atoms with van der Waals surface area (Å²) < 4.78 is 7.28. The number of ether oxygens (including phenoxy) is 1. The fourth-order valence-electron chi connectivity index (χ4n) is 1.77. The Morgan fingerprint density at radius 2 is 2.05 bits per heavy atom. The number of hydrogen-bond acceptors (Lipinski definition) is 6. The second-order valence-corrected chi connectivity index (χ2v) is 5.57. The fourth-order valence-corrected chi connectivity index (χ4v) is 2.52. The molecule has 1 N–H and O–H groups in total. The molecule has 7 heteroatoms. The molecule has 1 atom stereocenters. The average Bonchev–Trinajstić information content (AvgIpc) is 2.81. The molecular formula is C13H18N4O2S. The van der Waals surface area contributed by atoms with Crippen LogP contribution in [0.25, 0.3) is 0 Å². The van der Waals surface area contributed by atoms with Crippen molar-refractivity contribution >= 4 is 11.8 Å². The average molecular weight is 294 g/mol. The van der Waals surface area contributed by atoms with E-state index in [4.69, 9.17) is 4.74 Å². The molecule has 20 heavy (non-hydrogen) atoms. The number of aliphatic hydroxyl groups is 1. The number of aromatic nitrogens is 4. The molecule has 0 fully saturated rings. The van der Waals surface area contributed by atoms with Gasteiger partial charge in [-0.25, -0.2) is 4.68 Å². The monoisotopic (exact) mass is 294 g/mol. The van der Waals surface area contributed by atoms with E-state index in [1.807, 2.05) is 32.0 Å². The highest BCUT2D eigenvalue weighted by Gasteiger charge is 2.11. The third kappa shape index (κ3) is 3.71. The van der Waals surface area contributed by atoms with E-state index >= 15 is 0 Å². The zero-order chi connectivity index (χ0) is 14.5. The summed E-state index contributed by atoms with van der Waals surface area (Å²) in [5.41, 5.74) is 2.14. The molecular weight excluding hydrogens is 276 g/mol. The van der Waals surface area contributed by atoms with Crippen LogP contribution in [0.3, 0.4) is 0 Å². The highest BCUT2D eigenvalue weighted by Crippen LogP contribution is 2.23. The first kappa shape index (κ1) is 14.8. The van der Waals surface area contributed by atoms with E-state index in [2.05, 4.69) is 15.5 Å². The van der Waals surface area contributed by atoms with Crippen LogP contribution in [-0.2, 0) is 7.05 Å². The third-order valence-corrected chi connectivity index (χ3v) is 3.97. The van der Waals surface area contributed by atoms with Crippen molar-refractivity contribution in [3.05, 3.63) is 29.3 Å². The second kappa shape index (κ2) is 6.71. The number of thioether (sulfide) groups is 1. The number of nitrogens with zero attached hydrogens (tertiary/aromatic N) is 4. The van der Waals surface area contributed by atoms with Crippen LogP contribution >= 0.6 is 11.8 Å². The van der Waals surface area contributed by atoms with Crippen molar-refractivity contribution in [2.45, 2.75) is 25.1 Å². The maximum absolute atomic E-state index is 9.96. The Labute approximate surface area is 122 Å². The fraction of sp³-hybridized carbons (Fsp3) is 0.462. The first-order chi connectivity index (χ1) is 9.58. The Hall–Kier alpha value is -1.60. The summed E-state index contributed by atoms with van der Waals surface area (Å²) in [6, 6.07) is 5.98. The highest BCUT2D eigenvalue weighted by atomic mass is 32.2. The lowest BCUT2D eigenvalue weighted by atomic mass is 10.1. The minimum absolute atomic E-state index is 0.254. The number of aliphatic hydroxyl groups excluding tert-OH is 1. The first-order valence-electron chi connectivity index (χ1n) is 6.30. The Bertz CT molecular complexity index is 553. The Kier molecular flexibility index (Phi) is 4.97. The normalized spacial score (nSPS) is 12.4. The lowest BCUT2D eigenvalue weighted by Gasteiger charge is -2.15. The van der Waals surface area contributed by atoms with E-state index < -0.39 is 6.10 Å². The van der Waals surface area contributed by atoms with Crippen molar-refractivity contribution in [1.82, 2.24) is 20.2 Å². The summed E-state index contributed by atoms with van der Waals surface area (Å²) in [7, 11) is 1.77. The van der Waals surface area contributed by atoms with Gasteiger partial charge in [-0.2, -0.15) is 0 Å². The quantitative estimate of drug-likeness (QED) is 0.811. The Morgan fingerprint density at radius 1 is 1.35 bits per heavy atom. The lowest BCUT2D eigenvalue weighted by Crippen LogP contribution is -2.21. The molecule has 0 amide bonds. The molecule has 1 unspecified atom stereocenters. The van der Waals surface area contributed by atoms with Gasteiger partial charge in [0.2, 0.25) is 5.16 Å². The number of hydrogen-bond donors (Lipinski definition) is 1. The summed E-state index contributed by atoms with van der Waals surface area (Å²) in [6.07, 6.45) is -0.573. The predicted octanol–water partition coefficient (Wildman–Crippen LogP) is 1.36. The molecule has 0 saturated carbocycles. The van der Waals surface area contributed by atoms with Crippen molar-refractivity contribution < 1.29 is 9.84 Å². The van der Waals surface area contributed by atoms with Gasteiger partial charge in [-0.15, -0.1) is 5.10 Å². The minimum atomic E-state index is -0.573. The maximum atomic E-state index is 9.96. The molecule has 0 spiro atoms. The van der Waals surface area contributed by atoms with E-state index in [1.54, 1.807) is 11.7 Å². The van der Waals surface area contributed by atoms with E-state index in [-0.39, 0.29) is 6.61 Å². The van der Waals surface area contributed by atoms with Crippen LogP contribution in [0.15, 0.2) is 23.4 Å². The van der Waals surface area contributed by atoms with Gasteiger partial charge in [-0.3, -0.25) is 0 Å². The van der Waals surface area contributed by atoms with Gasteiger partial charge < -0.3 is 9.84 Å². The van der Waals surface area contributed by atoms with Gasteiger partial charge in [-0.1, -0.05) is 30.0 Å². The van der Waals surface area contributed by atoms with E-state index in [9.17, 15) is 5.11 Å². The van der Waals surface area contributed by atoms with Crippen LogP contribution in [0.2, 0.25) is 0 Å². The molecule has 1 aromatic heterocycles. The van der Waals surface area contributed by atoms with Crippen LogP contribution < -0.4 is 4.74 Å². The van der Waals surface area contributed by atoms with Crippen molar-refractivity contribution in [3.8, 4) is 5.75 Å². The summed E-state index contributed by atoms with van der Waals surface area (Å²) >= 11 is 1.40. The number of benzene rings is 1. The molecule has 2 aromatic rings. The van der Waals surface area contributed by atoms with Crippen LogP contribution in [0, 0.1) is 13.8 Å². The van der Waals surface area contributed by atoms with Gasteiger partial charge in [0.1, 0.15) is 12.4 Å². The van der Waals surface area contributed by atoms with Crippen molar-refractivity contribution in [2.24, 2.45) is 7.05 Å². The van der Waals surface area contributed by atoms with Crippen molar-refractivity contribution in [3.63, 3.8) is 0 Å². The second-order valence-electron chi connectivity index (χ2n) is 4.58. The van der Waals surface area contributed by atoms with E-state index in [0.717, 1.165) is 16.9 Å². The van der Waals surface area contributed by atoms with Gasteiger partial charge in [0.15, 0.2) is 0 Å². The first-order valence-corrected chi connectivity index (χ1v) is 7.28. The van der Waals surface area contributed by atoms with Crippen LogP contribution in [0.5, 0.6) is 5.75 Å². The number of rotatable bonds is 6. The topological polar surface area (TPSA) is 73.1 Å². The Morgan fingerprint density at radius 3 is 2.65 bits per heavy atom. The standard InChI is InChI=1S/C13H18N4O2S/c1-9-5-4-6-10(2)12(9)19-7-11(18)8-20-13-14-15-16-17(13)3/h4-6,11,18H,7-8H2,1-3H3. The van der Waals surface area contributed by atoms with Crippen LogP contribution in [0.1, 0.15) is 11.1 Å². The summed E-state index contributed by atoms with van der Waals surface area (Å²) in [5.74, 6) is 1.33. The molecule has 1 aromatic carbocycles. The molecule has 1 heterocycles. The number of para-hydroxylation sites is 1. The largest absolute Gasteiger partial charge is 0.490 e. The van der Waals surface area contributed by atoms with Crippen molar-refractivity contribution in [2.75, 3.05) is 12.4 Å². The molecule has 0 aliphatic carbocycles. The van der Waals surface area contributed by atoms with Gasteiger partial charge >= 0.3 is 0 Å². The van der Waals surface area contributed by atoms with Gasteiger partial charge in [0.05, 0.1) is 6.10 Å². The molecule has 0 aliphatic heterocycles. The summed E-state index contributed by atoms with van der Waals surface area (Å²) in [4.78, 5) is 0. The highest BCUT2D eigenvalue weighted by molar-refractivity contribution is 7.99. The molecule has 2 rings (SSSR count). The molecule has 0 saturated heterocycles. The zero-order valence-electron chi connectivity index (χ0n) is 11.8. The van der Waals surface area contributed by atoms with Crippen molar-refractivity contribution in [1.29, 1.82) is 0 Å². The SMILES string of the molecule is Cc1cccc(C)c1OCC(O)CSc1nnnn1C. The molecule has 108 valence electrons. The Balaban J connectivity index is 1.83. The third-order valence-electron chi connectivity index (χ3n) is 2.81. The molecule has 0 radical (unpaired) electrons. The molecule has 0 bridgehead atoms. The van der Waals surface area contributed by atoms with Gasteiger partial charge in [0, 0.05) is 12.8 Å². The van der Waals surface area contributed by atoms with E-state index in [1.165, 1.54) is 11.8 Å². The smallest absolute Gasteiger partial charge is 0.209 e. The number of aryl methyl sites for hydroxylation is 3. The minimum Gasteiger partial charge on any atom is -0.490 e. The predicted molar refractivity (Wildman–Crippen MR) is 76.9 cm³/mol. The lowest BCUT2D eigenvalue weighted by molar-refractivity contribution is 0.125. The van der Waals surface area contributed by atoms with Crippen LogP contribution in [0.4, 0.5) is 0 Å². The maximum Gasteiger partial charge on any atom is 0.209 e.